The number of nitrogens with two attached hydrogens (primary N) is 1. The second kappa shape index (κ2) is 13.4. The van der Waals surface area contributed by atoms with Crippen molar-refractivity contribution >= 4 is 40.1 Å². The SMILES string of the molecule is CC#Cc1ccc(-c2ccc(C(=O)[C@@H]3CC[C@@]4([C@@H](Cc5cc(O)cc(NC[C@H](C)O)c5)NC(N)=NC)CC[C@@H]5CCC[C@]53C4)s2)s1. The summed E-state index contributed by atoms with van der Waals surface area (Å²) in [6.07, 6.45) is 8.69. The lowest BCUT2D eigenvalue weighted by atomic mass is 9.45. The van der Waals surface area contributed by atoms with E-state index in [1.165, 1.54) is 17.7 Å². The molecule has 3 fully saturated rings. The molecule has 7 nitrogen and oxygen atoms in total. The molecule has 1 aromatic carbocycles. The van der Waals surface area contributed by atoms with Gasteiger partial charge < -0.3 is 26.6 Å². The third-order valence-electron chi connectivity index (χ3n) is 10.9. The Morgan fingerprint density at radius 1 is 1.11 bits per heavy atom. The van der Waals surface area contributed by atoms with Gasteiger partial charge in [0, 0.05) is 47.1 Å². The number of carbonyl (C=O) groups excluding carboxylic acids is 1. The molecule has 2 aromatic heterocycles. The molecule has 3 aliphatic carbocycles. The predicted octanol–water partition coefficient (Wildman–Crippen LogP) is 7.04. The smallest absolute Gasteiger partial charge is 0.188 e. The normalized spacial score (nSPS) is 26.8. The molecule has 0 amide bonds. The summed E-state index contributed by atoms with van der Waals surface area (Å²) in [5, 5.41) is 27.2. The maximum Gasteiger partial charge on any atom is 0.188 e. The lowest BCUT2D eigenvalue weighted by Gasteiger charge is -2.60. The average molecular weight is 659 g/mol. The number of aliphatic hydroxyl groups is 1. The number of Topliss-reactive ketones (excluding diaryl/α,β-unsaturated/α-hetero) is 1. The molecule has 3 saturated carbocycles. The molecule has 6 rings (SSSR count). The standard InChI is InChI=1S/C37H46N4O3S2/c1-4-6-28-8-9-30(45-28)31-10-11-32(46-31)34(44)29-13-16-36(15-12-25-7-5-14-37(25,29)22-36)33(41-35(38)39-3)19-24-17-26(20-27(43)18-24)40-21-23(2)42/h8-11,17-18,20,23,25,29,33,40,42-43H,5,7,12-16,19,21-22H2,1-3H3,(H3,38,39,41)/t23-,25-,29-,33+,36-,37-/m0/s1. The zero-order chi connectivity index (χ0) is 32.5. The number of benzene rings is 1. The number of aromatic hydroxyl groups is 1. The van der Waals surface area contributed by atoms with Crippen LogP contribution in [0.5, 0.6) is 5.75 Å². The molecular weight excluding hydrogens is 613 g/mol. The van der Waals surface area contributed by atoms with Gasteiger partial charge in [-0.2, -0.15) is 0 Å². The molecule has 0 radical (unpaired) electrons. The Hall–Kier alpha value is -3.32. The van der Waals surface area contributed by atoms with E-state index < -0.39 is 6.10 Å². The van der Waals surface area contributed by atoms with Gasteiger partial charge in [0.25, 0.3) is 0 Å². The largest absolute Gasteiger partial charge is 0.508 e. The van der Waals surface area contributed by atoms with Gasteiger partial charge in [-0.1, -0.05) is 12.3 Å². The molecule has 2 bridgehead atoms. The highest BCUT2D eigenvalue weighted by Crippen LogP contribution is 2.67. The lowest BCUT2D eigenvalue weighted by Crippen LogP contribution is -2.60. The van der Waals surface area contributed by atoms with Crippen molar-refractivity contribution in [2.75, 3.05) is 18.9 Å². The molecule has 0 unspecified atom stereocenters. The van der Waals surface area contributed by atoms with Gasteiger partial charge in [0.1, 0.15) is 5.75 Å². The van der Waals surface area contributed by atoms with Gasteiger partial charge >= 0.3 is 0 Å². The van der Waals surface area contributed by atoms with Gasteiger partial charge in [0.2, 0.25) is 0 Å². The Morgan fingerprint density at radius 3 is 2.67 bits per heavy atom. The molecule has 1 spiro atoms. The van der Waals surface area contributed by atoms with E-state index in [4.69, 9.17) is 5.73 Å². The van der Waals surface area contributed by atoms with Gasteiger partial charge in [0.15, 0.2) is 11.7 Å². The number of nitrogens with one attached hydrogen (secondary N) is 2. The second-order valence-corrected chi connectivity index (χ2v) is 15.9. The van der Waals surface area contributed by atoms with Crippen molar-refractivity contribution < 1.29 is 15.0 Å². The number of fused-ring (bicyclic) bond motifs is 1. The van der Waals surface area contributed by atoms with Crippen LogP contribution in [-0.4, -0.2) is 47.7 Å². The fourth-order valence-electron chi connectivity index (χ4n) is 8.91. The zero-order valence-electron chi connectivity index (χ0n) is 27.1. The van der Waals surface area contributed by atoms with E-state index in [1.54, 1.807) is 42.7 Å². The number of ketones is 1. The monoisotopic (exact) mass is 658 g/mol. The fourth-order valence-corrected chi connectivity index (χ4v) is 10.9. The number of hydrogen-bond donors (Lipinski definition) is 5. The first-order chi connectivity index (χ1) is 22.1. The van der Waals surface area contributed by atoms with Gasteiger partial charge in [-0.05, 0) is 124 Å². The third kappa shape index (κ3) is 6.45. The van der Waals surface area contributed by atoms with E-state index in [0.29, 0.717) is 30.6 Å². The van der Waals surface area contributed by atoms with Crippen molar-refractivity contribution in [3.8, 4) is 27.3 Å². The zero-order valence-corrected chi connectivity index (χ0v) is 28.7. The third-order valence-corrected chi connectivity index (χ3v) is 13.2. The summed E-state index contributed by atoms with van der Waals surface area (Å²) in [7, 11) is 1.71. The minimum atomic E-state index is -0.500. The highest BCUT2D eigenvalue weighted by atomic mass is 32.1. The second-order valence-electron chi connectivity index (χ2n) is 13.7. The van der Waals surface area contributed by atoms with E-state index in [2.05, 4.69) is 51.7 Å². The number of aliphatic imine (C=N–C) groups is 1. The highest BCUT2D eigenvalue weighted by Gasteiger charge is 2.62. The molecule has 6 atom stereocenters. The molecule has 3 aliphatic rings. The van der Waals surface area contributed by atoms with E-state index in [9.17, 15) is 15.0 Å². The van der Waals surface area contributed by atoms with E-state index in [1.807, 2.05) is 19.1 Å². The first-order valence-electron chi connectivity index (χ1n) is 16.6. The van der Waals surface area contributed by atoms with E-state index >= 15 is 0 Å². The Morgan fingerprint density at radius 2 is 1.89 bits per heavy atom. The number of thiophene rings is 2. The van der Waals surface area contributed by atoms with Crippen molar-refractivity contribution in [3.05, 3.63) is 57.8 Å². The summed E-state index contributed by atoms with van der Waals surface area (Å²) in [6.45, 7) is 3.99. The Kier molecular flexibility index (Phi) is 9.52. The summed E-state index contributed by atoms with van der Waals surface area (Å²) < 4.78 is 0. The lowest BCUT2D eigenvalue weighted by molar-refractivity contribution is -0.0767. The van der Waals surface area contributed by atoms with Crippen molar-refractivity contribution in [1.29, 1.82) is 0 Å². The van der Waals surface area contributed by atoms with Gasteiger partial charge in [-0.25, -0.2) is 0 Å². The summed E-state index contributed by atoms with van der Waals surface area (Å²) >= 11 is 3.31. The van der Waals surface area contributed by atoms with Crippen LogP contribution in [0, 0.1) is 34.5 Å². The molecule has 9 heteroatoms. The molecule has 0 saturated heterocycles. The summed E-state index contributed by atoms with van der Waals surface area (Å²) in [5.74, 6) is 7.65. The fraction of sp³-hybridized carbons (Fsp3) is 0.514. The number of hydrogen-bond acceptors (Lipinski definition) is 7. The van der Waals surface area contributed by atoms with Gasteiger partial charge in [-0.3, -0.25) is 9.79 Å². The number of anilines is 1. The van der Waals surface area contributed by atoms with Crippen molar-refractivity contribution in [2.45, 2.75) is 83.8 Å². The number of aliphatic hydroxyl groups excluding tert-OH is 1. The highest BCUT2D eigenvalue weighted by molar-refractivity contribution is 7.23. The number of guanidine groups is 1. The Bertz CT molecular complexity index is 1670. The molecule has 244 valence electrons. The first kappa shape index (κ1) is 32.6. The Labute approximate surface area is 280 Å². The molecule has 2 heterocycles. The van der Waals surface area contributed by atoms with Crippen LogP contribution in [0.2, 0.25) is 0 Å². The van der Waals surface area contributed by atoms with Crippen molar-refractivity contribution in [3.63, 3.8) is 0 Å². The van der Waals surface area contributed by atoms with E-state index in [0.717, 1.165) is 64.4 Å². The van der Waals surface area contributed by atoms with Crippen molar-refractivity contribution in [2.24, 2.45) is 33.4 Å². The van der Waals surface area contributed by atoms with Crippen LogP contribution in [0.1, 0.15) is 85.3 Å². The molecule has 6 N–H and O–H groups in total. The summed E-state index contributed by atoms with van der Waals surface area (Å²) in [5.41, 5.74) is 8.08. The summed E-state index contributed by atoms with van der Waals surface area (Å²) in [4.78, 5) is 23.0. The van der Waals surface area contributed by atoms with Crippen LogP contribution in [0.25, 0.3) is 9.75 Å². The molecule has 3 aromatic rings. The average Bonchev–Trinajstić information content (AvgIpc) is 3.79. The molecule has 46 heavy (non-hydrogen) atoms. The van der Waals surface area contributed by atoms with Crippen LogP contribution < -0.4 is 16.4 Å². The van der Waals surface area contributed by atoms with E-state index in [-0.39, 0.29) is 28.5 Å². The number of phenols is 1. The maximum absolute atomic E-state index is 14.4. The van der Waals surface area contributed by atoms with Gasteiger partial charge in [-0.15, -0.1) is 28.6 Å². The van der Waals surface area contributed by atoms with Crippen LogP contribution >= 0.6 is 22.7 Å². The number of carbonyl (C=O) groups is 1. The van der Waals surface area contributed by atoms with Crippen molar-refractivity contribution in [1.82, 2.24) is 5.32 Å². The van der Waals surface area contributed by atoms with Crippen LogP contribution in [-0.2, 0) is 6.42 Å². The molecule has 0 aliphatic heterocycles. The first-order valence-corrected chi connectivity index (χ1v) is 18.2. The minimum absolute atomic E-state index is 0.00433. The number of nitrogens with zero attached hydrogens (tertiary/aromatic N) is 1. The predicted molar refractivity (Wildman–Crippen MR) is 190 cm³/mol. The number of phenolic OH excluding ortho intramolecular Hbond substituents is 1. The number of rotatable bonds is 10. The minimum Gasteiger partial charge on any atom is -0.508 e. The van der Waals surface area contributed by atoms with Gasteiger partial charge in [0.05, 0.1) is 15.9 Å². The Balaban J connectivity index is 1.28. The van der Waals surface area contributed by atoms with Crippen LogP contribution in [0.15, 0.2) is 47.5 Å². The van der Waals surface area contributed by atoms with Crippen LogP contribution in [0.3, 0.4) is 0 Å². The van der Waals surface area contributed by atoms with Crippen LogP contribution in [0.4, 0.5) is 5.69 Å². The molecular formula is C37H46N4O3S2. The quantitative estimate of drug-likeness (QED) is 0.0690. The maximum atomic E-state index is 14.4. The topological polar surface area (TPSA) is 120 Å². The summed E-state index contributed by atoms with van der Waals surface area (Å²) in [6, 6.07) is 13.9.